The van der Waals surface area contributed by atoms with E-state index in [1.807, 2.05) is 0 Å². The van der Waals surface area contributed by atoms with Crippen molar-refractivity contribution < 1.29 is 13.9 Å². The van der Waals surface area contributed by atoms with E-state index >= 15 is 0 Å². The first-order chi connectivity index (χ1) is 9.78. The summed E-state index contributed by atoms with van der Waals surface area (Å²) in [6.45, 7) is 0.539. The fourth-order valence-corrected chi connectivity index (χ4v) is 2.06. The molecule has 3 nitrogen and oxygen atoms in total. The maximum absolute atomic E-state index is 13.0. The van der Waals surface area contributed by atoms with Gasteiger partial charge in [-0.15, -0.1) is 0 Å². The van der Waals surface area contributed by atoms with Crippen LogP contribution in [-0.2, 0) is 0 Å². The topological polar surface area (TPSA) is 42.2 Å². The van der Waals surface area contributed by atoms with Crippen molar-refractivity contribution >= 4 is 15.0 Å². The van der Waals surface area contributed by atoms with Gasteiger partial charge in [-0.1, -0.05) is 0 Å². The second-order valence-electron chi connectivity index (χ2n) is 3.82. The molecular weight excluding hydrogens is 324 g/mol. The zero-order valence-electron chi connectivity index (χ0n) is 10.6. The number of benzene rings is 2. The van der Waals surface area contributed by atoms with Crippen LogP contribution in [0.1, 0.15) is 0 Å². The summed E-state index contributed by atoms with van der Waals surface area (Å²) in [6.07, 6.45) is 0. The molecular formula is C15H12FNO2Se. The molecule has 0 aliphatic carbocycles. The van der Waals surface area contributed by atoms with E-state index in [0.29, 0.717) is 18.1 Å². The van der Waals surface area contributed by atoms with Gasteiger partial charge in [0, 0.05) is 0 Å². The molecule has 0 bridgehead atoms. The van der Waals surface area contributed by atoms with Crippen molar-refractivity contribution in [2.75, 3.05) is 6.61 Å². The second-order valence-corrected chi connectivity index (χ2v) is 5.66. The molecule has 0 saturated heterocycles. The van der Waals surface area contributed by atoms with Gasteiger partial charge < -0.3 is 0 Å². The standard InChI is InChI=1S/C15H12FNO2Se/c16-12-2-1-3-15(10-12)19-14-6-4-13(5-7-14)18-8-9-20-11-17/h1-7,10H,8-9H2. The van der Waals surface area contributed by atoms with Gasteiger partial charge in [-0.25, -0.2) is 0 Å². The minimum absolute atomic E-state index is 0.0135. The van der Waals surface area contributed by atoms with Gasteiger partial charge in [0.15, 0.2) is 0 Å². The summed E-state index contributed by atoms with van der Waals surface area (Å²) in [5.74, 6) is 1.46. The van der Waals surface area contributed by atoms with Crippen LogP contribution in [0.15, 0.2) is 48.5 Å². The monoisotopic (exact) mass is 337 g/mol. The van der Waals surface area contributed by atoms with Crippen molar-refractivity contribution in [2.24, 2.45) is 0 Å². The average molecular weight is 336 g/mol. The Kier molecular flexibility index (Phi) is 5.42. The van der Waals surface area contributed by atoms with E-state index in [1.54, 1.807) is 36.4 Å². The molecule has 0 atom stereocenters. The van der Waals surface area contributed by atoms with E-state index < -0.39 is 0 Å². The molecule has 20 heavy (non-hydrogen) atoms. The van der Waals surface area contributed by atoms with Gasteiger partial charge in [-0.05, 0) is 0 Å². The Bertz CT molecular complexity index is 596. The van der Waals surface area contributed by atoms with Crippen molar-refractivity contribution in [2.45, 2.75) is 5.32 Å². The van der Waals surface area contributed by atoms with Crippen molar-refractivity contribution in [3.8, 4) is 22.2 Å². The van der Waals surface area contributed by atoms with Crippen LogP contribution in [0.3, 0.4) is 0 Å². The number of hydrogen-bond donors (Lipinski definition) is 0. The van der Waals surface area contributed by atoms with Crippen molar-refractivity contribution in [1.82, 2.24) is 0 Å². The molecule has 0 heterocycles. The van der Waals surface area contributed by atoms with Gasteiger partial charge in [0.25, 0.3) is 0 Å². The Hall–Kier alpha value is -2.02. The average Bonchev–Trinajstić information content (AvgIpc) is 2.45. The van der Waals surface area contributed by atoms with E-state index in [2.05, 4.69) is 4.97 Å². The van der Waals surface area contributed by atoms with Crippen LogP contribution in [0.2, 0.25) is 5.32 Å². The van der Waals surface area contributed by atoms with Gasteiger partial charge >= 0.3 is 123 Å². The number of ether oxygens (including phenoxy) is 2. The Morgan fingerprint density at radius 1 is 1.05 bits per heavy atom. The maximum atomic E-state index is 13.0. The van der Waals surface area contributed by atoms with E-state index in [4.69, 9.17) is 14.7 Å². The van der Waals surface area contributed by atoms with E-state index in [-0.39, 0.29) is 20.8 Å². The molecule has 0 saturated carbocycles. The Labute approximate surface area is 123 Å². The summed E-state index contributed by atoms with van der Waals surface area (Å²) in [6, 6.07) is 13.1. The summed E-state index contributed by atoms with van der Waals surface area (Å²) >= 11 is -0.0135. The summed E-state index contributed by atoms with van der Waals surface area (Å²) in [4.78, 5) is 2.13. The fourth-order valence-electron chi connectivity index (χ4n) is 1.52. The first-order valence-electron chi connectivity index (χ1n) is 5.95. The number of nitrogens with zero attached hydrogens (tertiary/aromatic N) is 1. The molecule has 0 aliphatic rings. The fraction of sp³-hybridized carbons (Fsp3) is 0.133. The van der Waals surface area contributed by atoms with Crippen LogP contribution in [0.4, 0.5) is 4.39 Å². The van der Waals surface area contributed by atoms with Crippen LogP contribution in [0.25, 0.3) is 0 Å². The van der Waals surface area contributed by atoms with Crippen molar-refractivity contribution in [1.29, 1.82) is 5.26 Å². The van der Waals surface area contributed by atoms with Crippen LogP contribution in [0, 0.1) is 16.0 Å². The Morgan fingerprint density at radius 2 is 1.80 bits per heavy atom. The summed E-state index contributed by atoms with van der Waals surface area (Å²) < 4.78 is 24.0. The summed E-state index contributed by atoms with van der Waals surface area (Å²) in [5.41, 5.74) is 0. The number of rotatable bonds is 6. The van der Waals surface area contributed by atoms with Gasteiger partial charge in [0.2, 0.25) is 0 Å². The molecule has 5 heteroatoms. The molecule has 0 aromatic heterocycles. The summed E-state index contributed by atoms with van der Waals surface area (Å²) in [7, 11) is 0. The summed E-state index contributed by atoms with van der Waals surface area (Å²) in [5, 5.41) is 9.21. The molecule has 0 fully saturated rings. The SMILES string of the molecule is N#C[Se]CCOc1ccc(Oc2cccc(F)c2)cc1. The van der Waals surface area contributed by atoms with E-state index in [9.17, 15) is 4.39 Å². The quantitative estimate of drug-likeness (QED) is 0.598. The van der Waals surface area contributed by atoms with Crippen molar-refractivity contribution in [3.05, 3.63) is 54.3 Å². The zero-order valence-corrected chi connectivity index (χ0v) is 12.3. The van der Waals surface area contributed by atoms with Gasteiger partial charge in [-0.2, -0.15) is 0 Å². The molecule has 102 valence electrons. The number of hydrogen-bond acceptors (Lipinski definition) is 3. The van der Waals surface area contributed by atoms with Gasteiger partial charge in [0.1, 0.15) is 0 Å². The Morgan fingerprint density at radius 3 is 2.50 bits per heavy atom. The van der Waals surface area contributed by atoms with Gasteiger partial charge in [0.05, 0.1) is 0 Å². The molecule has 2 aromatic rings. The normalized spacial score (nSPS) is 9.80. The van der Waals surface area contributed by atoms with E-state index in [1.165, 1.54) is 12.1 Å². The predicted octanol–water partition coefficient (Wildman–Crippen LogP) is 3.60. The Balaban J connectivity index is 1.90. The molecule has 0 N–H and O–H groups in total. The first kappa shape index (κ1) is 14.4. The number of halogens is 1. The van der Waals surface area contributed by atoms with Crippen LogP contribution >= 0.6 is 0 Å². The number of nitriles is 1. The third-order valence-electron chi connectivity index (χ3n) is 2.37. The van der Waals surface area contributed by atoms with Crippen LogP contribution in [0.5, 0.6) is 17.2 Å². The molecule has 0 radical (unpaired) electrons. The van der Waals surface area contributed by atoms with Crippen LogP contribution < -0.4 is 9.47 Å². The zero-order chi connectivity index (χ0) is 14.2. The molecule has 0 unspecified atom stereocenters. The van der Waals surface area contributed by atoms with Crippen LogP contribution in [-0.4, -0.2) is 21.6 Å². The minimum atomic E-state index is -0.332. The third kappa shape index (κ3) is 4.58. The third-order valence-corrected chi connectivity index (χ3v) is 3.42. The van der Waals surface area contributed by atoms with Crippen molar-refractivity contribution in [3.63, 3.8) is 0 Å². The van der Waals surface area contributed by atoms with Gasteiger partial charge in [-0.3, -0.25) is 0 Å². The predicted molar refractivity (Wildman–Crippen MR) is 74.6 cm³/mol. The molecule has 2 rings (SSSR count). The van der Waals surface area contributed by atoms with E-state index in [0.717, 1.165) is 11.1 Å². The first-order valence-corrected chi connectivity index (χ1v) is 8.02. The molecule has 0 spiro atoms. The molecule has 0 amide bonds. The molecule has 0 aliphatic heterocycles. The molecule has 2 aromatic carbocycles. The second kappa shape index (κ2) is 7.54.